The van der Waals surface area contributed by atoms with E-state index >= 15 is 0 Å². The fourth-order valence-electron chi connectivity index (χ4n) is 3.98. The minimum atomic E-state index is 0.111. The summed E-state index contributed by atoms with van der Waals surface area (Å²) in [5.41, 5.74) is 2.57. The Labute approximate surface area is 160 Å². The van der Waals surface area contributed by atoms with Crippen LogP contribution in [0.5, 0.6) is 0 Å². The molecule has 1 saturated heterocycles. The molecule has 1 N–H and O–H groups in total. The number of carbonyl (C=O) groups is 1. The van der Waals surface area contributed by atoms with Crippen LogP contribution >= 0.6 is 0 Å². The number of anilines is 1. The Balaban J connectivity index is 1.50. The molecule has 0 spiro atoms. The zero-order valence-electron chi connectivity index (χ0n) is 16.4. The summed E-state index contributed by atoms with van der Waals surface area (Å²) in [6, 6.07) is 6.84. The van der Waals surface area contributed by atoms with Crippen molar-refractivity contribution in [2.45, 2.75) is 31.8 Å². The van der Waals surface area contributed by atoms with Crippen LogP contribution in [0.1, 0.15) is 30.1 Å². The molecule has 1 amide bonds. The Kier molecular flexibility index (Phi) is 5.06. The van der Waals surface area contributed by atoms with Gasteiger partial charge >= 0.3 is 0 Å². The van der Waals surface area contributed by atoms with Gasteiger partial charge in [0.25, 0.3) is 5.91 Å². The van der Waals surface area contributed by atoms with E-state index in [4.69, 9.17) is 4.74 Å². The number of aryl methyl sites for hydroxylation is 1. The molecule has 2 heterocycles. The van der Waals surface area contributed by atoms with E-state index in [1.54, 1.807) is 7.11 Å². The average molecular weight is 371 g/mol. The molecular formula is C20H29N5O2. The van der Waals surface area contributed by atoms with Crippen molar-refractivity contribution in [1.82, 2.24) is 19.4 Å². The first-order valence-electron chi connectivity index (χ1n) is 9.83. The van der Waals surface area contributed by atoms with Crippen LogP contribution in [0.4, 0.5) is 5.95 Å². The molecule has 2 fully saturated rings. The van der Waals surface area contributed by atoms with Crippen LogP contribution in [-0.4, -0.2) is 77.2 Å². The van der Waals surface area contributed by atoms with Gasteiger partial charge in [-0.25, -0.2) is 4.98 Å². The maximum atomic E-state index is 13.1. The number of imidazole rings is 1. The number of carbonyl (C=O) groups excluding carboxylic acids is 1. The Morgan fingerprint density at radius 3 is 2.85 bits per heavy atom. The summed E-state index contributed by atoms with van der Waals surface area (Å²) in [5.74, 6) is 0.900. The quantitative estimate of drug-likeness (QED) is 0.787. The number of ether oxygens (including phenoxy) is 1. The molecule has 0 bridgehead atoms. The zero-order chi connectivity index (χ0) is 19.0. The number of methoxy groups -OCH3 is 1. The van der Waals surface area contributed by atoms with Crippen molar-refractivity contribution in [1.29, 1.82) is 0 Å². The number of benzene rings is 1. The number of fused-ring (bicyclic) bond motifs is 1. The summed E-state index contributed by atoms with van der Waals surface area (Å²) in [4.78, 5) is 22.3. The lowest BCUT2D eigenvalue weighted by Gasteiger charge is -2.40. The Bertz CT molecular complexity index is 829. The third-order valence-corrected chi connectivity index (χ3v) is 5.70. The summed E-state index contributed by atoms with van der Waals surface area (Å²) in [7, 11) is 3.66. The molecule has 1 aromatic heterocycles. The molecule has 7 nitrogen and oxygen atoms in total. The molecule has 1 unspecified atom stereocenters. The van der Waals surface area contributed by atoms with Crippen LogP contribution in [0, 0.1) is 0 Å². The normalized spacial score (nSPS) is 21.0. The largest absolute Gasteiger partial charge is 0.383 e. The predicted molar refractivity (Wildman–Crippen MR) is 106 cm³/mol. The standard InChI is InChI=1S/C20H29N5O2/c1-14-13-24(16-5-6-16)9-10-25(14)19(26)15-4-7-18-17(12-15)22-20(23(18)2)21-8-11-27-3/h4,7,12,14,16H,5-6,8-11,13H2,1-3H3,(H,21,22). The van der Waals surface area contributed by atoms with Gasteiger partial charge in [0.2, 0.25) is 5.95 Å². The minimum Gasteiger partial charge on any atom is -0.383 e. The van der Waals surface area contributed by atoms with E-state index < -0.39 is 0 Å². The van der Waals surface area contributed by atoms with Crippen molar-refractivity contribution < 1.29 is 9.53 Å². The lowest BCUT2D eigenvalue weighted by atomic mass is 10.1. The SMILES string of the molecule is COCCNc1nc2cc(C(=O)N3CCN(C4CC4)CC3C)ccc2n1C. The molecule has 146 valence electrons. The first-order valence-corrected chi connectivity index (χ1v) is 9.83. The molecule has 27 heavy (non-hydrogen) atoms. The first-order chi connectivity index (χ1) is 13.1. The number of hydrogen-bond donors (Lipinski definition) is 1. The van der Waals surface area contributed by atoms with Gasteiger partial charge in [-0.2, -0.15) is 0 Å². The second-order valence-electron chi connectivity index (χ2n) is 7.69. The van der Waals surface area contributed by atoms with E-state index in [1.165, 1.54) is 12.8 Å². The lowest BCUT2D eigenvalue weighted by Crippen LogP contribution is -2.54. The highest BCUT2D eigenvalue weighted by Gasteiger charge is 2.35. The molecule has 1 aromatic carbocycles. The van der Waals surface area contributed by atoms with Crippen molar-refractivity contribution >= 4 is 22.9 Å². The fourth-order valence-corrected chi connectivity index (χ4v) is 3.98. The van der Waals surface area contributed by atoms with E-state index in [0.717, 1.165) is 48.2 Å². The third-order valence-electron chi connectivity index (χ3n) is 5.70. The maximum absolute atomic E-state index is 13.1. The van der Waals surface area contributed by atoms with E-state index in [2.05, 4.69) is 22.1 Å². The van der Waals surface area contributed by atoms with Gasteiger partial charge in [-0.05, 0) is 38.0 Å². The second-order valence-corrected chi connectivity index (χ2v) is 7.69. The fraction of sp³-hybridized carbons (Fsp3) is 0.600. The summed E-state index contributed by atoms with van der Waals surface area (Å²) in [5, 5.41) is 3.27. The van der Waals surface area contributed by atoms with Gasteiger partial charge in [-0.1, -0.05) is 0 Å². The third kappa shape index (κ3) is 3.66. The van der Waals surface area contributed by atoms with Crippen molar-refractivity contribution in [3.05, 3.63) is 23.8 Å². The predicted octanol–water partition coefficient (Wildman–Crippen LogP) is 1.94. The van der Waals surface area contributed by atoms with Crippen molar-refractivity contribution in [3.63, 3.8) is 0 Å². The van der Waals surface area contributed by atoms with E-state index in [9.17, 15) is 4.79 Å². The van der Waals surface area contributed by atoms with Gasteiger partial charge in [0, 0.05) is 58.0 Å². The number of rotatable bonds is 6. The molecule has 1 aliphatic heterocycles. The maximum Gasteiger partial charge on any atom is 0.254 e. The lowest BCUT2D eigenvalue weighted by molar-refractivity contribution is 0.0474. The summed E-state index contributed by atoms with van der Waals surface area (Å²) in [6.07, 6.45) is 2.63. The number of amides is 1. The minimum absolute atomic E-state index is 0.111. The highest BCUT2D eigenvalue weighted by Crippen LogP contribution is 2.29. The number of aromatic nitrogens is 2. The molecular weight excluding hydrogens is 342 g/mol. The smallest absolute Gasteiger partial charge is 0.254 e. The van der Waals surface area contributed by atoms with E-state index in [1.807, 2.05) is 34.7 Å². The Morgan fingerprint density at radius 2 is 2.15 bits per heavy atom. The first kappa shape index (κ1) is 18.3. The van der Waals surface area contributed by atoms with E-state index in [-0.39, 0.29) is 11.9 Å². The Hall–Kier alpha value is -2.12. The molecule has 0 radical (unpaired) electrons. The van der Waals surface area contributed by atoms with E-state index in [0.29, 0.717) is 13.2 Å². The molecule has 2 aliphatic rings. The highest BCUT2D eigenvalue weighted by molar-refractivity contribution is 5.98. The van der Waals surface area contributed by atoms with Gasteiger partial charge in [0.05, 0.1) is 17.6 Å². The molecule has 4 rings (SSSR count). The summed E-state index contributed by atoms with van der Waals surface area (Å²) in [6.45, 7) is 6.25. The molecule has 1 aliphatic carbocycles. The number of hydrogen-bond acceptors (Lipinski definition) is 5. The summed E-state index contributed by atoms with van der Waals surface area (Å²) >= 11 is 0. The Morgan fingerprint density at radius 1 is 1.33 bits per heavy atom. The molecule has 7 heteroatoms. The van der Waals surface area contributed by atoms with Crippen LogP contribution in [-0.2, 0) is 11.8 Å². The van der Waals surface area contributed by atoms with Gasteiger partial charge in [0.15, 0.2) is 0 Å². The second kappa shape index (κ2) is 7.48. The average Bonchev–Trinajstić information content (AvgIpc) is 3.47. The van der Waals surface area contributed by atoms with Crippen LogP contribution < -0.4 is 5.32 Å². The molecule has 2 aromatic rings. The van der Waals surface area contributed by atoms with Gasteiger partial charge in [-0.15, -0.1) is 0 Å². The monoisotopic (exact) mass is 371 g/mol. The number of nitrogens with one attached hydrogen (secondary N) is 1. The van der Waals surface area contributed by atoms with Crippen molar-refractivity contribution in [2.24, 2.45) is 7.05 Å². The van der Waals surface area contributed by atoms with Crippen molar-refractivity contribution in [3.8, 4) is 0 Å². The number of nitrogens with zero attached hydrogens (tertiary/aromatic N) is 4. The summed E-state index contributed by atoms with van der Waals surface area (Å²) < 4.78 is 7.09. The van der Waals surface area contributed by atoms with Gasteiger partial charge < -0.3 is 19.5 Å². The molecule has 1 saturated carbocycles. The zero-order valence-corrected chi connectivity index (χ0v) is 16.4. The van der Waals surface area contributed by atoms with Crippen molar-refractivity contribution in [2.75, 3.05) is 45.2 Å². The highest BCUT2D eigenvalue weighted by atomic mass is 16.5. The van der Waals surface area contributed by atoms with Gasteiger partial charge in [-0.3, -0.25) is 9.69 Å². The van der Waals surface area contributed by atoms with Crippen LogP contribution in [0.15, 0.2) is 18.2 Å². The van der Waals surface area contributed by atoms with Crippen LogP contribution in [0.25, 0.3) is 11.0 Å². The van der Waals surface area contributed by atoms with Crippen LogP contribution in [0.3, 0.4) is 0 Å². The van der Waals surface area contributed by atoms with Crippen LogP contribution in [0.2, 0.25) is 0 Å². The molecule has 1 atom stereocenters. The topological polar surface area (TPSA) is 62.6 Å². The number of piperazine rings is 1. The van der Waals surface area contributed by atoms with Gasteiger partial charge in [0.1, 0.15) is 0 Å².